The first-order valence-corrected chi connectivity index (χ1v) is 13.8. The number of carbonyl (C=O) groups is 1. The number of unbranched alkanes of at least 4 members (excludes halogenated alkanes) is 2. The van der Waals surface area contributed by atoms with Gasteiger partial charge in [-0.05, 0) is 99.5 Å². The Bertz CT molecular complexity index is 1240. The van der Waals surface area contributed by atoms with Crippen molar-refractivity contribution >= 4 is 5.97 Å². The minimum Gasteiger partial charge on any atom is -0.494 e. The van der Waals surface area contributed by atoms with E-state index in [1.807, 2.05) is 54.6 Å². The van der Waals surface area contributed by atoms with E-state index in [2.05, 4.69) is 45.0 Å². The zero-order chi connectivity index (χ0) is 27.5. The van der Waals surface area contributed by atoms with Gasteiger partial charge in [-0.1, -0.05) is 55.0 Å². The van der Waals surface area contributed by atoms with Crippen LogP contribution in [0.2, 0.25) is 0 Å². The average Bonchev–Trinajstić information content (AvgIpc) is 2.95. The van der Waals surface area contributed by atoms with Gasteiger partial charge in [-0.25, -0.2) is 4.79 Å². The van der Waals surface area contributed by atoms with E-state index in [1.165, 1.54) is 5.56 Å². The maximum absolute atomic E-state index is 12.3. The first-order chi connectivity index (χ1) is 19.0. The summed E-state index contributed by atoms with van der Waals surface area (Å²) in [5.74, 6) is 3.07. The van der Waals surface area contributed by atoms with Crippen molar-refractivity contribution in [2.24, 2.45) is 5.92 Å². The summed E-state index contributed by atoms with van der Waals surface area (Å²) in [5, 5.41) is 0. The number of carbonyl (C=O) groups excluding carboxylic acids is 1. The van der Waals surface area contributed by atoms with Crippen LogP contribution in [0.25, 0.3) is 0 Å². The molecule has 0 amide bonds. The Morgan fingerprint density at radius 2 is 1.36 bits per heavy atom. The van der Waals surface area contributed by atoms with Crippen molar-refractivity contribution in [1.82, 2.24) is 0 Å². The fourth-order valence-electron chi connectivity index (χ4n) is 4.13. The second-order valence-electron chi connectivity index (χ2n) is 9.99. The smallest absolute Gasteiger partial charge is 0.343 e. The molecule has 5 nitrogen and oxygen atoms in total. The van der Waals surface area contributed by atoms with Crippen LogP contribution in [-0.2, 0) is 4.79 Å². The third-order valence-corrected chi connectivity index (χ3v) is 6.59. The van der Waals surface area contributed by atoms with Crippen LogP contribution in [0, 0.1) is 12.8 Å². The Kier molecular flexibility index (Phi) is 10.2. The summed E-state index contributed by atoms with van der Waals surface area (Å²) in [6.07, 6.45) is 9.52. The third kappa shape index (κ3) is 9.06. The van der Waals surface area contributed by atoms with E-state index >= 15 is 0 Å². The van der Waals surface area contributed by atoms with Gasteiger partial charge in [0.25, 0.3) is 0 Å². The molecule has 0 radical (unpaired) electrons. The molecule has 0 bridgehead atoms. The summed E-state index contributed by atoms with van der Waals surface area (Å²) < 4.78 is 23.2. The molecule has 1 aliphatic rings. The third-order valence-electron chi connectivity index (χ3n) is 6.59. The maximum Gasteiger partial charge on any atom is 0.343 e. The Morgan fingerprint density at radius 3 is 1.92 bits per heavy atom. The van der Waals surface area contributed by atoms with Gasteiger partial charge in [0.2, 0.25) is 0 Å². The van der Waals surface area contributed by atoms with Gasteiger partial charge in [0.15, 0.2) is 0 Å². The molecule has 4 rings (SSSR count). The normalized spacial score (nSPS) is 15.3. The van der Waals surface area contributed by atoms with Gasteiger partial charge in [0, 0.05) is 0 Å². The van der Waals surface area contributed by atoms with Crippen molar-refractivity contribution < 1.29 is 23.7 Å². The molecule has 0 saturated carbocycles. The number of esters is 1. The van der Waals surface area contributed by atoms with Crippen molar-refractivity contribution in [2.75, 3.05) is 13.2 Å². The molecular weight excluding hydrogens is 488 g/mol. The van der Waals surface area contributed by atoms with Crippen LogP contribution < -0.4 is 18.9 Å². The minimum absolute atomic E-state index is 0.0130. The van der Waals surface area contributed by atoms with E-state index in [1.54, 1.807) is 12.1 Å². The first kappa shape index (κ1) is 28.0. The Morgan fingerprint density at radius 1 is 0.795 bits per heavy atom. The fraction of sp³-hybridized carbons (Fsp3) is 0.324. The van der Waals surface area contributed by atoms with Crippen molar-refractivity contribution in [3.8, 4) is 23.0 Å². The highest BCUT2D eigenvalue weighted by Crippen LogP contribution is 2.25. The van der Waals surface area contributed by atoms with Gasteiger partial charge in [-0.3, -0.25) is 0 Å². The monoisotopic (exact) mass is 526 g/mol. The topological polar surface area (TPSA) is 54.0 Å². The summed E-state index contributed by atoms with van der Waals surface area (Å²) >= 11 is 0. The quantitative estimate of drug-likeness (QED) is 0.128. The van der Waals surface area contributed by atoms with E-state index < -0.39 is 0 Å². The van der Waals surface area contributed by atoms with Crippen molar-refractivity contribution in [2.45, 2.75) is 52.6 Å². The van der Waals surface area contributed by atoms with Crippen LogP contribution in [-0.4, -0.2) is 19.2 Å². The largest absolute Gasteiger partial charge is 0.494 e. The predicted molar refractivity (Wildman–Crippen MR) is 155 cm³/mol. The molecule has 0 aliphatic heterocycles. The Hall–Kier alpha value is -3.99. The fourth-order valence-corrected chi connectivity index (χ4v) is 4.13. The molecule has 0 aromatic heterocycles. The van der Waals surface area contributed by atoms with Crippen LogP contribution in [0.15, 0.2) is 96.6 Å². The molecule has 5 heteroatoms. The van der Waals surface area contributed by atoms with E-state index in [0.29, 0.717) is 30.5 Å². The standard InChI is InChI=1S/C34H38O5/c1-25-7-11-28(12-8-25)27(3)38-32-19-15-30(16-20-32)36-23-5-4-6-24-37-31-17-21-33(22-18-31)39-34(35)29-13-9-26(2)10-14-29/h7-9,11-22,26-27H,4-6,10,23-24H2,1-3H3. The molecule has 2 atom stereocenters. The van der Waals surface area contributed by atoms with Gasteiger partial charge in [0.05, 0.1) is 18.8 Å². The molecule has 3 aromatic rings. The van der Waals surface area contributed by atoms with Gasteiger partial charge in [-0.2, -0.15) is 0 Å². The highest BCUT2D eigenvalue weighted by molar-refractivity contribution is 5.93. The van der Waals surface area contributed by atoms with Crippen LogP contribution in [0.3, 0.4) is 0 Å². The minimum atomic E-state index is -0.328. The van der Waals surface area contributed by atoms with Gasteiger partial charge < -0.3 is 18.9 Å². The van der Waals surface area contributed by atoms with Crippen LogP contribution in [0.5, 0.6) is 23.0 Å². The van der Waals surface area contributed by atoms with E-state index in [9.17, 15) is 4.79 Å². The predicted octanol–water partition coefficient (Wildman–Crippen LogP) is 8.19. The summed E-state index contributed by atoms with van der Waals surface area (Å²) in [6, 6.07) is 23.4. The molecule has 0 heterocycles. The molecular formula is C34H38O5. The van der Waals surface area contributed by atoms with E-state index in [-0.39, 0.29) is 12.1 Å². The van der Waals surface area contributed by atoms with Crippen molar-refractivity contribution in [3.05, 3.63) is 108 Å². The second kappa shape index (κ2) is 14.2. The molecule has 1 aliphatic carbocycles. The zero-order valence-corrected chi connectivity index (χ0v) is 23.1. The molecule has 0 spiro atoms. The van der Waals surface area contributed by atoms with Gasteiger partial charge in [-0.15, -0.1) is 0 Å². The zero-order valence-electron chi connectivity index (χ0n) is 23.1. The maximum atomic E-state index is 12.3. The summed E-state index contributed by atoms with van der Waals surface area (Å²) in [5.41, 5.74) is 3.00. The van der Waals surface area contributed by atoms with Gasteiger partial charge >= 0.3 is 5.97 Å². The summed E-state index contributed by atoms with van der Waals surface area (Å²) in [6.45, 7) is 7.54. The average molecular weight is 527 g/mol. The lowest BCUT2D eigenvalue weighted by molar-refractivity contribution is -0.129. The number of hydrogen-bond donors (Lipinski definition) is 0. The number of aryl methyl sites for hydroxylation is 1. The van der Waals surface area contributed by atoms with Crippen LogP contribution in [0.1, 0.15) is 56.8 Å². The highest BCUT2D eigenvalue weighted by Gasteiger charge is 2.13. The lowest BCUT2D eigenvalue weighted by atomic mass is 9.99. The number of rotatable bonds is 13. The molecule has 204 valence electrons. The van der Waals surface area contributed by atoms with E-state index in [0.717, 1.165) is 48.5 Å². The summed E-state index contributed by atoms with van der Waals surface area (Å²) in [4.78, 5) is 12.3. The molecule has 0 fully saturated rings. The molecule has 0 saturated heterocycles. The number of allylic oxidation sites excluding steroid dienone is 2. The van der Waals surface area contributed by atoms with E-state index in [4.69, 9.17) is 18.9 Å². The first-order valence-electron chi connectivity index (χ1n) is 13.8. The summed E-state index contributed by atoms with van der Waals surface area (Å²) in [7, 11) is 0. The van der Waals surface area contributed by atoms with Crippen molar-refractivity contribution in [1.29, 1.82) is 0 Å². The number of benzene rings is 3. The van der Waals surface area contributed by atoms with Crippen molar-refractivity contribution in [3.63, 3.8) is 0 Å². The Labute approximate surface area is 232 Å². The van der Waals surface area contributed by atoms with Crippen LogP contribution in [0.4, 0.5) is 0 Å². The molecule has 0 N–H and O–H groups in total. The number of ether oxygens (including phenoxy) is 4. The van der Waals surface area contributed by atoms with Gasteiger partial charge in [0.1, 0.15) is 29.1 Å². The van der Waals surface area contributed by atoms with Crippen LogP contribution >= 0.6 is 0 Å². The lowest BCUT2D eigenvalue weighted by Gasteiger charge is -2.16. The second-order valence-corrected chi connectivity index (χ2v) is 9.99. The SMILES string of the molecule is Cc1ccc(C(C)Oc2ccc(OCCCCCOc3ccc(OC(=O)C4=CCC(C)C=C4)cc3)cc2)cc1. The highest BCUT2D eigenvalue weighted by atomic mass is 16.5. The molecule has 3 aromatic carbocycles. The lowest BCUT2D eigenvalue weighted by Crippen LogP contribution is -2.12. The number of hydrogen-bond acceptors (Lipinski definition) is 5. The molecule has 2 unspecified atom stereocenters. The Balaban J connectivity index is 1.07. The molecule has 39 heavy (non-hydrogen) atoms.